The maximum Gasteiger partial charge on any atom is 0.330 e. The largest absolute Gasteiger partial charge is 0.466 e. The molecule has 3 heteroatoms. The van der Waals surface area contributed by atoms with E-state index in [0.29, 0.717) is 5.92 Å². The number of rotatable bonds is 3. The topological polar surface area (TPSA) is 29.5 Å². The summed E-state index contributed by atoms with van der Waals surface area (Å²) in [5, 5.41) is 0. The van der Waals surface area contributed by atoms with E-state index in [0.717, 1.165) is 13.1 Å². The third-order valence-electron chi connectivity index (χ3n) is 2.69. The van der Waals surface area contributed by atoms with Crippen molar-refractivity contribution < 1.29 is 9.53 Å². The number of carbonyl (C=O) groups excluding carboxylic acids is 1. The van der Waals surface area contributed by atoms with Crippen molar-refractivity contribution in [2.24, 2.45) is 5.92 Å². The quantitative estimate of drug-likeness (QED) is 0.402. The van der Waals surface area contributed by atoms with Crippen LogP contribution >= 0.6 is 0 Å². The van der Waals surface area contributed by atoms with Crippen molar-refractivity contribution in [3.63, 3.8) is 0 Å². The van der Waals surface area contributed by atoms with Gasteiger partial charge < -0.3 is 9.64 Å². The van der Waals surface area contributed by atoms with E-state index in [2.05, 4.69) is 22.8 Å². The van der Waals surface area contributed by atoms with Gasteiger partial charge in [0.05, 0.1) is 7.11 Å². The summed E-state index contributed by atoms with van der Waals surface area (Å²) in [6.45, 7) is 2.32. The molecule has 0 amide bonds. The Morgan fingerprint density at radius 3 is 2.60 bits per heavy atom. The minimum atomic E-state index is -0.303. The molecule has 0 aromatic carbocycles. The number of esters is 1. The van der Waals surface area contributed by atoms with Crippen molar-refractivity contribution in [3.05, 3.63) is 24.3 Å². The lowest BCUT2D eigenvalue weighted by Crippen LogP contribution is -2.29. The summed E-state index contributed by atoms with van der Waals surface area (Å²) in [5.74, 6) is 0.353. The third kappa shape index (κ3) is 4.79. The lowest BCUT2D eigenvalue weighted by atomic mass is 9.97. The van der Waals surface area contributed by atoms with E-state index in [9.17, 15) is 4.79 Å². The SMILES string of the molecule is COC(=O)/C=C\C=C\C1CCN(C)CC1. The molecule has 84 valence electrons. The van der Waals surface area contributed by atoms with Gasteiger partial charge in [-0.05, 0) is 38.9 Å². The van der Waals surface area contributed by atoms with Gasteiger partial charge in [0.25, 0.3) is 0 Å². The van der Waals surface area contributed by atoms with Crippen LogP contribution in [0.3, 0.4) is 0 Å². The molecule has 0 spiro atoms. The number of nitrogens with zero attached hydrogens (tertiary/aromatic N) is 1. The molecule has 1 aliphatic heterocycles. The van der Waals surface area contributed by atoms with Crippen LogP contribution in [0.4, 0.5) is 0 Å². The highest BCUT2D eigenvalue weighted by atomic mass is 16.5. The summed E-state index contributed by atoms with van der Waals surface area (Å²) in [7, 11) is 3.53. The average molecular weight is 209 g/mol. The minimum absolute atomic E-state index is 0.303. The first-order valence-corrected chi connectivity index (χ1v) is 5.33. The Morgan fingerprint density at radius 2 is 2.00 bits per heavy atom. The van der Waals surface area contributed by atoms with Crippen LogP contribution < -0.4 is 0 Å². The molecule has 0 radical (unpaired) electrons. The Kier molecular flexibility index (Phi) is 5.12. The molecule has 0 bridgehead atoms. The Hall–Kier alpha value is -1.09. The average Bonchev–Trinajstić information content (AvgIpc) is 2.26. The fourth-order valence-corrected chi connectivity index (χ4v) is 1.64. The number of carbonyl (C=O) groups is 1. The molecule has 0 unspecified atom stereocenters. The monoisotopic (exact) mass is 209 g/mol. The fraction of sp³-hybridized carbons (Fsp3) is 0.583. The molecule has 1 aliphatic rings. The van der Waals surface area contributed by atoms with Crippen molar-refractivity contribution in [1.29, 1.82) is 0 Å². The van der Waals surface area contributed by atoms with E-state index in [4.69, 9.17) is 0 Å². The molecule has 0 saturated carbocycles. The highest BCUT2D eigenvalue weighted by Crippen LogP contribution is 2.16. The van der Waals surface area contributed by atoms with E-state index in [1.807, 2.05) is 6.08 Å². The highest BCUT2D eigenvalue weighted by molar-refractivity contribution is 5.82. The van der Waals surface area contributed by atoms with Gasteiger partial charge in [-0.15, -0.1) is 0 Å². The zero-order valence-electron chi connectivity index (χ0n) is 9.48. The van der Waals surface area contributed by atoms with Crippen LogP contribution in [-0.2, 0) is 9.53 Å². The van der Waals surface area contributed by atoms with Crippen molar-refractivity contribution in [2.45, 2.75) is 12.8 Å². The number of hydrogen-bond donors (Lipinski definition) is 0. The van der Waals surface area contributed by atoms with E-state index in [1.165, 1.54) is 26.0 Å². The van der Waals surface area contributed by atoms with Crippen LogP contribution in [0, 0.1) is 5.92 Å². The Balaban J connectivity index is 2.26. The smallest absolute Gasteiger partial charge is 0.330 e. The predicted molar refractivity (Wildman–Crippen MR) is 60.5 cm³/mol. The van der Waals surface area contributed by atoms with Crippen molar-refractivity contribution >= 4 is 5.97 Å². The van der Waals surface area contributed by atoms with Gasteiger partial charge in [0, 0.05) is 6.08 Å². The predicted octanol–water partition coefficient (Wildman–Crippen LogP) is 1.61. The first kappa shape index (κ1) is 12.0. The summed E-state index contributed by atoms with van der Waals surface area (Å²) >= 11 is 0. The van der Waals surface area contributed by atoms with E-state index in [-0.39, 0.29) is 5.97 Å². The molecular formula is C12H19NO2. The van der Waals surface area contributed by atoms with Gasteiger partial charge in [-0.2, -0.15) is 0 Å². The molecule has 3 nitrogen and oxygen atoms in total. The van der Waals surface area contributed by atoms with Gasteiger partial charge in [-0.25, -0.2) is 4.79 Å². The van der Waals surface area contributed by atoms with Crippen LogP contribution in [0.25, 0.3) is 0 Å². The summed E-state index contributed by atoms with van der Waals surface area (Å²) < 4.78 is 4.49. The first-order valence-electron chi connectivity index (χ1n) is 5.33. The zero-order chi connectivity index (χ0) is 11.1. The van der Waals surface area contributed by atoms with E-state index >= 15 is 0 Å². The maximum atomic E-state index is 10.8. The molecule has 1 rings (SSSR count). The van der Waals surface area contributed by atoms with Gasteiger partial charge in [-0.3, -0.25) is 0 Å². The Morgan fingerprint density at radius 1 is 1.33 bits per heavy atom. The highest BCUT2D eigenvalue weighted by Gasteiger charge is 2.12. The molecule has 0 N–H and O–H groups in total. The molecule has 0 aromatic rings. The zero-order valence-corrected chi connectivity index (χ0v) is 9.48. The van der Waals surface area contributed by atoms with Gasteiger partial charge in [0.1, 0.15) is 0 Å². The molecule has 0 aliphatic carbocycles. The molecule has 1 fully saturated rings. The normalized spacial score (nSPS) is 20.1. The van der Waals surface area contributed by atoms with Crippen LogP contribution in [0.15, 0.2) is 24.3 Å². The van der Waals surface area contributed by atoms with Crippen LogP contribution in [0.5, 0.6) is 0 Å². The maximum absolute atomic E-state index is 10.8. The summed E-state index contributed by atoms with van der Waals surface area (Å²) in [6.07, 6.45) is 9.70. The van der Waals surface area contributed by atoms with E-state index in [1.54, 1.807) is 6.08 Å². The summed E-state index contributed by atoms with van der Waals surface area (Å²) in [4.78, 5) is 13.1. The van der Waals surface area contributed by atoms with Gasteiger partial charge >= 0.3 is 5.97 Å². The number of hydrogen-bond acceptors (Lipinski definition) is 3. The van der Waals surface area contributed by atoms with E-state index < -0.39 is 0 Å². The molecule has 0 aromatic heterocycles. The van der Waals surface area contributed by atoms with Crippen molar-refractivity contribution in [3.8, 4) is 0 Å². The number of allylic oxidation sites excluding steroid dienone is 3. The standard InChI is InChI=1S/C12H19NO2/c1-13-9-7-11(8-10-13)5-3-4-6-12(14)15-2/h3-6,11H,7-10H2,1-2H3/b5-3+,6-4-. The van der Waals surface area contributed by atoms with Gasteiger partial charge in [0.15, 0.2) is 0 Å². The third-order valence-corrected chi connectivity index (χ3v) is 2.69. The van der Waals surface area contributed by atoms with Crippen LogP contribution in [0.2, 0.25) is 0 Å². The van der Waals surface area contributed by atoms with Crippen molar-refractivity contribution in [1.82, 2.24) is 4.90 Å². The van der Waals surface area contributed by atoms with Crippen molar-refractivity contribution in [2.75, 3.05) is 27.2 Å². The molecule has 15 heavy (non-hydrogen) atoms. The molecule has 1 saturated heterocycles. The van der Waals surface area contributed by atoms with Crippen LogP contribution in [0.1, 0.15) is 12.8 Å². The Bertz CT molecular complexity index is 250. The Labute approximate surface area is 91.4 Å². The minimum Gasteiger partial charge on any atom is -0.466 e. The fourth-order valence-electron chi connectivity index (χ4n) is 1.64. The lowest BCUT2D eigenvalue weighted by molar-refractivity contribution is -0.134. The first-order chi connectivity index (χ1) is 7.22. The lowest BCUT2D eigenvalue weighted by Gasteiger charge is -2.26. The van der Waals surface area contributed by atoms with Gasteiger partial charge in [0.2, 0.25) is 0 Å². The molecule has 1 heterocycles. The number of methoxy groups -OCH3 is 1. The summed E-state index contributed by atoms with van der Waals surface area (Å²) in [6, 6.07) is 0. The number of ether oxygens (including phenoxy) is 1. The van der Waals surface area contributed by atoms with Gasteiger partial charge in [-0.1, -0.05) is 18.2 Å². The second-order valence-corrected chi connectivity index (χ2v) is 3.91. The second-order valence-electron chi connectivity index (χ2n) is 3.91. The second kappa shape index (κ2) is 6.40. The summed E-state index contributed by atoms with van der Waals surface area (Å²) in [5.41, 5.74) is 0. The molecular weight excluding hydrogens is 190 g/mol. The number of likely N-dealkylation sites (tertiary alicyclic amines) is 1. The van der Waals surface area contributed by atoms with Crippen LogP contribution in [-0.4, -0.2) is 38.1 Å². The molecule has 0 atom stereocenters. The number of piperidine rings is 1.